The Morgan fingerprint density at radius 3 is 3.05 bits per heavy atom. The lowest BCUT2D eigenvalue weighted by Crippen LogP contribution is -2.37. The highest BCUT2D eigenvalue weighted by atomic mass is 32.2. The standard InChI is InChI=1S/C14H26N4S/c1-4-5-15-13-9-19-8-12(13)6-14-16-10-17-18(14)7-11(2)3/h10-13,15H,4-9H2,1-3H3. The molecule has 2 unspecified atom stereocenters. The Labute approximate surface area is 120 Å². The molecule has 108 valence electrons. The Morgan fingerprint density at radius 1 is 1.47 bits per heavy atom. The minimum atomic E-state index is 0.618. The smallest absolute Gasteiger partial charge is 0.138 e. The lowest BCUT2D eigenvalue weighted by Gasteiger charge is -2.20. The van der Waals surface area contributed by atoms with Gasteiger partial charge in [0.2, 0.25) is 0 Å². The number of hydrogen-bond acceptors (Lipinski definition) is 4. The second-order valence-corrected chi connectivity index (χ2v) is 6.89. The molecule has 1 aliphatic heterocycles. The van der Waals surface area contributed by atoms with Crippen LogP contribution in [0.3, 0.4) is 0 Å². The van der Waals surface area contributed by atoms with E-state index >= 15 is 0 Å². The zero-order valence-electron chi connectivity index (χ0n) is 12.3. The first kappa shape index (κ1) is 14.9. The van der Waals surface area contributed by atoms with E-state index in [1.165, 1.54) is 17.9 Å². The number of aromatic nitrogens is 3. The Morgan fingerprint density at radius 2 is 2.32 bits per heavy atom. The van der Waals surface area contributed by atoms with E-state index in [1.54, 1.807) is 6.33 Å². The molecule has 4 nitrogen and oxygen atoms in total. The lowest BCUT2D eigenvalue weighted by atomic mass is 9.99. The first-order valence-corrected chi connectivity index (χ1v) is 8.54. The molecule has 0 bridgehead atoms. The van der Waals surface area contributed by atoms with Crippen molar-refractivity contribution in [2.45, 2.75) is 46.2 Å². The quantitative estimate of drug-likeness (QED) is 0.832. The van der Waals surface area contributed by atoms with Crippen LogP contribution < -0.4 is 5.32 Å². The number of rotatable bonds is 7. The Kier molecular flexibility index (Phi) is 5.70. The molecule has 0 spiro atoms. The minimum absolute atomic E-state index is 0.618. The number of hydrogen-bond donors (Lipinski definition) is 1. The third-order valence-corrected chi connectivity index (χ3v) is 4.79. The summed E-state index contributed by atoms with van der Waals surface area (Å²) in [5.74, 6) is 4.96. The number of thioether (sulfide) groups is 1. The first-order chi connectivity index (χ1) is 9.20. The SMILES string of the molecule is CCCNC1CSCC1Cc1ncnn1CC(C)C. The van der Waals surface area contributed by atoms with Crippen LogP contribution in [0.25, 0.3) is 0 Å². The summed E-state index contributed by atoms with van der Waals surface area (Å²) >= 11 is 2.06. The van der Waals surface area contributed by atoms with E-state index in [0.29, 0.717) is 17.9 Å². The molecule has 0 amide bonds. The molecule has 2 heterocycles. The molecular formula is C14H26N4S. The van der Waals surface area contributed by atoms with Crippen LogP contribution >= 0.6 is 11.8 Å². The predicted molar refractivity (Wildman–Crippen MR) is 81.5 cm³/mol. The molecule has 1 aromatic heterocycles. The van der Waals surface area contributed by atoms with Gasteiger partial charge in [0.25, 0.3) is 0 Å². The van der Waals surface area contributed by atoms with Crippen LogP contribution in [0.1, 0.15) is 33.0 Å². The monoisotopic (exact) mass is 282 g/mol. The Hall–Kier alpha value is -0.550. The highest BCUT2D eigenvalue weighted by Gasteiger charge is 2.28. The summed E-state index contributed by atoms with van der Waals surface area (Å²) in [6.45, 7) is 8.77. The van der Waals surface area contributed by atoms with Gasteiger partial charge >= 0.3 is 0 Å². The molecule has 0 saturated carbocycles. The van der Waals surface area contributed by atoms with E-state index in [4.69, 9.17) is 0 Å². The van der Waals surface area contributed by atoms with Crippen molar-refractivity contribution in [3.8, 4) is 0 Å². The van der Waals surface area contributed by atoms with Crippen molar-refractivity contribution < 1.29 is 0 Å². The number of nitrogens with zero attached hydrogens (tertiary/aromatic N) is 3. The summed E-state index contributed by atoms with van der Waals surface area (Å²) in [5.41, 5.74) is 0. The predicted octanol–water partition coefficient (Wildman–Crippen LogP) is 2.21. The van der Waals surface area contributed by atoms with Crippen LogP contribution in [-0.4, -0.2) is 38.9 Å². The average molecular weight is 282 g/mol. The maximum absolute atomic E-state index is 4.46. The van der Waals surface area contributed by atoms with Crippen molar-refractivity contribution in [3.05, 3.63) is 12.2 Å². The molecule has 0 radical (unpaired) electrons. The zero-order valence-corrected chi connectivity index (χ0v) is 13.1. The van der Waals surface area contributed by atoms with Crippen molar-refractivity contribution in [2.24, 2.45) is 11.8 Å². The van der Waals surface area contributed by atoms with Crippen molar-refractivity contribution in [3.63, 3.8) is 0 Å². The molecule has 1 N–H and O–H groups in total. The van der Waals surface area contributed by atoms with Gasteiger partial charge in [-0.25, -0.2) is 9.67 Å². The third kappa shape index (κ3) is 4.21. The Bertz CT molecular complexity index is 377. The minimum Gasteiger partial charge on any atom is -0.313 e. The van der Waals surface area contributed by atoms with Crippen LogP contribution in [0.5, 0.6) is 0 Å². The van der Waals surface area contributed by atoms with Gasteiger partial charge in [-0.05, 0) is 30.6 Å². The highest BCUT2D eigenvalue weighted by Crippen LogP contribution is 2.27. The highest BCUT2D eigenvalue weighted by molar-refractivity contribution is 7.99. The summed E-state index contributed by atoms with van der Waals surface area (Å²) in [4.78, 5) is 4.46. The van der Waals surface area contributed by atoms with Crippen molar-refractivity contribution in [1.29, 1.82) is 0 Å². The van der Waals surface area contributed by atoms with E-state index in [1.807, 2.05) is 0 Å². The van der Waals surface area contributed by atoms with Crippen LogP contribution in [-0.2, 0) is 13.0 Å². The molecule has 5 heteroatoms. The van der Waals surface area contributed by atoms with E-state index in [-0.39, 0.29) is 0 Å². The van der Waals surface area contributed by atoms with Gasteiger partial charge in [-0.15, -0.1) is 0 Å². The molecule has 1 fully saturated rings. The molecule has 1 aromatic rings. The van der Waals surface area contributed by atoms with Crippen molar-refractivity contribution >= 4 is 11.8 Å². The van der Waals surface area contributed by atoms with Crippen LogP contribution in [0.2, 0.25) is 0 Å². The van der Waals surface area contributed by atoms with Crippen LogP contribution in [0, 0.1) is 11.8 Å². The molecule has 1 saturated heterocycles. The average Bonchev–Trinajstić information content (AvgIpc) is 2.97. The summed E-state index contributed by atoms with van der Waals surface area (Å²) in [6, 6.07) is 0.647. The van der Waals surface area contributed by atoms with Gasteiger partial charge in [-0.1, -0.05) is 20.8 Å². The summed E-state index contributed by atoms with van der Waals surface area (Å²) in [6.07, 6.45) is 3.97. The molecule has 2 atom stereocenters. The molecule has 19 heavy (non-hydrogen) atoms. The topological polar surface area (TPSA) is 42.7 Å². The van der Waals surface area contributed by atoms with Crippen molar-refractivity contribution in [1.82, 2.24) is 20.1 Å². The largest absolute Gasteiger partial charge is 0.313 e. The zero-order chi connectivity index (χ0) is 13.7. The van der Waals surface area contributed by atoms with Gasteiger partial charge in [0.1, 0.15) is 12.2 Å². The van der Waals surface area contributed by atoms with E-state index in [0.717, 1.165) is 25.3 Å². The van der Waals surface area contributed by atoms with Gasteiger partial charge in [-0.3, -0.25) is 0 Å². The molecule has 0 aliphatic carbocycles. The fourth-order valence-electron chi connectivity index (χ4n) is 2.53. The summed E-state index contributed by atoms with van der Waals surface area (Å²) < 4.78 is 2.09. The van der Waals surface area contributed by atoms with Crippen LogP contribution in [0.4, 0.5) is 0 Å². The molecule has 2 rings (SSSR count). The fraction of sp³-hybridized carbons (Fsp3) is 0.857. The lowest BCUT2D eigenvalue weighted by molar-refractivity contribution is 0.398. The second kappa shape index (κ2) is 7.29. The Balaban J connectivity index is 1.94. The van der Waals surface area contributed by atoms with E-state index in [2.05, 4.69) is 52.6 Å². The molecule has 1 aliphatic rings. The summed E-state index contributed by atoms with van der Waals surface area (Å²) in [7, 11) is 0. The van der Waals surface area contributed by atoms with Crippen molar-refractivity contribution in [2.75, 3.05) is 18.1 Å². The van der Waals surface area contributed by atoms with Gasteiger partial charge < -0.3 is 5.32 Å². The normalized spacial score (nSPS) is 23.4. The number of nitrogens with one attached hydrogen (secondary N) is 1. The summed E-state index contributed by atoms with van der Waals surface area (Å²) in [5, 5.41) is 8.04. The van der Waals surface area contributed by atoms with E-state index < -0.39 is 0 Å². The maximum atomic E-state index is 4.46. The van der Waals surface area contributed by atoms with Gasteiger partial charge in [0, 0.05) is 24.8 Å². The third-order valence-electron chi connectivity index (χ3n) is 3.53. The first-order valence-electron chi connectivity index (χ1n) is 7.38. The molecule has 0 aromatic carbocycles. The fourth-order valence-corrected chi connectivity index (χ4v) is 3.97. The van der Waals surface area contributed by atoms with Crippen LogP contribution in [0.15, 0.2) is 6.33 Å². The van der Waals surface area contributed by atoms with E-state index in [9.17, 15) is 0 Å². The maximum Gasteiger partial charge on any atom is 0.138 e. The second-order valence-electron chi connectivity index (χ2n) is 5.81. The molecular weight excluding hydrogens is 256 g/mol. The van der Waals surface area contributed by atoms with Gasteiger partial charge in [-0.2, -0.15) is 16.9 Å². The van der Waals surface area contributed by atoms with Gasteiger partial charge in [0.05, 0.1) is 0 Å². The van der Waals surface area contributed by atoms with Gasteiger partial charge in [0.15, 0.2) is 0 Å².